The van der Waals surface area contributed by atoms with Crippen LogP contribution < -0.4 is 5.32 Å². The number of aromatic nitrogens is 1. The first-order valence-electron chi connectivity index (χ1n) is 10.6. The summed E-state index contributed by atoms with van der Waals surface area (Å²) >= 11 is 0. The number of unbranched alkanes of at least 4 members (excludes halogenated alkanes) is 2. The summed E-state index contributed by atoms with van der Waals surface area (Å²) in [6.45, 7) is 9.87. The van der Waals surface area contributed by atoms with Gasteiger partial charge in [0.15, 0.2) is 5.96 Å². The molecule has 0 radical (unpaired) electrons. The van der Waals surface area contributed by atoms with Crippen LogP contribution in [0, 0.1) is 0 Å². The van der Waals surface area contributed by atoms with Crippen LogP contribution in [0.2, 0.25) is 0 Å². The number of aliphatic imine (C=N–C) groups is 1. The summed E-state index contributed by atoms with van der Waals surface area (Å²) in [5.74, 6) is 1.05. The van der Waals surface area contributed by atoms with Gasteiger partial charge in [0.25, 0.3) is 0 Å². The van der Waals surface area contributed by atoms with E-state index in [9.17, 15) is 0 Å². The molecule has 1 N–H and O–H groups in total. The molecule has 3 rings (SSSR count). The predicted molar refractivity (Wildman–Crippen MR) is 109 cm³/mol. The van der Waals surface area contributed by atoms with Crippen LogP contribution >= 0.6 is 0 Å². The second-order valence-electron chi connectivity index (χ2n) is 7.69. The van der Waals surface area contributed by atoms with E-state index >= 15 is 0 Å². The lowest BCUT2D eigenvalue weighted by Crippen LogP contribution is -2.52. The Morgan fingerprint density at radius 2 is 1.85 bits per heavy atom. The van der Waals surface area contributed by atoms with Gasteiger partial charge in [-0.15, -0.1) is 0 Å². The Labute approximate surface area is 163 Å². The highest BCUT2D eigenvalue weighted by Gasteiger charge is 2.20. The molecule has 0 saturated carbocycles. The number of rotatable bonds is 8. The number of likely N-dealkylation sites (tertiary alicyclic amines) is 1. The Balaban J connectivity index is 1.26. The van der Waals surface area contributed by atoms with Crippen molar-refractivity contribution in [3.05, 3.63) is 18.0 Å². The zero-order valence-electron chi connectivity index (χ0n) is 16.9. The molecule has 27 heavy (non-hydrogen) atoms. The summed E-state index contributed by atoms with van der Waals surface area (Å²) in [6, 6.07) is 1.94. The summed E-state index contributed by atoms with van der Waals surface area (Å²) in [5.41, 5.74) is 1.01. The second kappa shape index (κ2) is 11.3. The highest BCUT2D eigenvalue weighted by Crippen LogP contribution is 2.10. The van der Waals surface area contributed by atoms with Crippen LogP contribution in [0.5, 0.6) is 0 Å². The van der Waals surface area contributed by atoms with Crippen molar-refractivity contribution in [2.75, 3.05) is 59.4 Å². The molecule has 7 nitrogen and oxygen atoms in total. The Morgan fingerprint density at radius 3 is 2.56 bits per heavy atom. The minimum absolute atomic E-state index is 0.868. The van der Waals surface area contributed by atoms with Crippen molar-refractivity contribution in [3.63, 3.8) is 0 Å². The monoisotopic (exact) mass is 376 g/mol. The Morgan fingerprint density at radius 1 is 1.04 bits per heavy atom. The van der Waals surface area contributed by atoms with E-state index in [0.717, 1.165) is 50.9 Å². The third-order valence-corrected chi connectivity index (χ3v) is 5.64. The van der Waals surface area contributed by atoms with E-state index in [-0.39, 0.29) is 0 Å². The van der Waals surface area contributed by atoms with Crippen LogP contribution in [0.3, 0.4) is 0 Å². The zero-order valence-corrected chi connectivity index (χ0v) is 16.9. The number of hydrogen-bond donors (Lipinski definition) is 1. The Bertz CT molecular complexity index is 533. The van der Waals surface area contributed by atoms with Gasteiger partial charge in [0.2, 0.25) is 0 Å². The van der Waals surface area contributed by atoms with Crippen LogP contribution in [0.15, 0.2) is 21.8 Å². The predicted octanol–water partition coefficient (Wildman–Crippen LogP) is 2.02. The highest BCUT2D eigenvalue weighted by atomic mass is 16.5. The summed E-state index contributed by atoms with van der Waals surface area (Å²) < 4.78 is 4.92. The molecular formula is C20H36N6O. The van der Waals surface area contributed by atoms with Crippen LogP contribution in [0.25, 0.3) is 0 Å². The fourth-order valence-electron chi connectivity index (χ4n) is 4.02. The molecule has 7 heteroatoms. The van der Waals surface area contributed by atoms with E-state index in [1.165, 1.54) is 58.2 Å². The average Bonchev–Trinajstić information content (AvgIpc) is 3.22. The van der Waals surface area contributed by atoms with Gasteiger partial charge in [-0.2, -0.15) is 0 Å². The molecule has 1 aromatic heterocycles. The van der Waals surface area contributed by atoms with E-state index in [0.29, 0.717) is 0 Å². The maximum Gasteiger partial charge on any atom is 0.193 e. The van der Waals surface area contributed by atoms with Crippen LogP contribution in [0.4, 0.5) is 0 Å². The van der Waals surface area contributed by atoms with Crippen LogP contribution in [-0.4, -0.2) is 85.2 Å². The minimum atomic E-state index is 0.868. The van der Waals surface area contributed by atoms with Gasteiger partial charge in [-0.1, -0.05) is 18.0 Å². The molecule has 1 aromatic rings. The number of nitrogens with zero attached hydrogens (tertiary/aromatic N) is 5. The molecule has 0 bridgehead atoms. The fourth-order valence-corrected chi connectivity index (χ4v) is 4.02. The summed E-state index contributed by atoms with van der Waals surface area (Å²) in [6.07, 6.45) is 9.69. The number of piperazine rings is 1. The van der Waals surface area contributed by atoms with Crippen LogP contribution in [-0.2, 0) is 6.54 Å². The first-order valence-corrected chi connectivity index (χ1v) is 10.6. The number of hydrogen-bond acceptors (Lipinski definition) is 5. The average molecular weight is 377 g/mol. The maximum absolute atomic E-state index is 4.92. The van der Waals surface area contributed by atoms with Gasteiger partial charge in [0.1, 0.15) is 6.26 Å². The lowest BCUT2D eigenvalue weighted by Gasteiger charge is -2.36. The van der Waals surface area contributed by atoms with Crippen molar-refractivity contribution in [3.8, 4) is 0 Å². The Hall–Kier alpha value is -1.60. The molecule has 2 saturated heterocycles. The lowest BCUT2D eigenvalue weighted by atomic mass is 10.1. The lowest BCUT2D eigenvalue weighted by molar-refractivity contribution is 0.169. The molecule has 2 aliphatic heterocycles. The first kappa shape index (κ1) is 20.1. The number of guanidine groups is 1. The second-order valence-corrected chi connectivity index (χ2v) is 7.69. The van der Waals surface area contributed by atoms with E-state index in [1.54, 1.807) is 6.26 Å². The van der Waals surface area contributed by atoms with E-state index in [4.69, 9.17) is 4.52 Å². The smallest absolute Gasteiger partial charge is 0.193 e. The molecule has 0 aliphatic carbocycles. The van der Waals surface area contributed by atoms with E-state index < -0.39 is 0 Å². The van der Waals surface area contributed by atoms with Gasteiger partial charge in [-0.3, -0.25) is 9.89 Å². The minimum Gasteiger partial charge on any atom is -0.364 e. The third-order valence-electron chi connectivity index (χ3n) is 5.64. The standard InChI is InChI=1S/C20H36N6O/c1-21-20(22-9-4-2-5-10-24-11-6-3-7-12-24)26-15-13-25(14-16-26)18-19-8-17-27-23-19/h8,17H,2-7,9-16,18H2,1H3,(H,21,22). The van der Waals surface area contributed by atoms with Crippen molar-refractivity contribution in [1.29, 1.82) is 0 Å². The molecule has 3 heterocycles. The Kier molecular flexibility index (Phi) is 8.42. The first-order chi connectivity index (χ1) is 13.3. The fraction of sp³-hybridized carbons (Fsp3) is 0.800. The quantitative estimate of drug-likeness (QED) is 0.426. The van der Waals surface area contributed by atoms with Gasteiger partial charge >= 0.3 is 0 Å². The SMILES string of the molecule is CN=C(NCCCCCN1CCCCC1)N1CCN(Cc2ccon2)CC1. The third kappa shape index (κ3) is 6.81. The van der Waals surface area contributed by atoms with Crippen molar-refractivity contribution in [1.82, 2.24) is 25.2 Å². The van der Waals surface area contributed by atoms with Crippen molar-refractivity contribution in [2.45, 2.75) is 45.1 Å². The molecule has 0 atom stereocenters. The molecule has 2 fully saturated rings. The van der Waals surface area contributed by atoms with E-state index in [1.807, 2.05) is 13.1 Å². The van der Waals surface area contributed by atoms with Gasteiger partial charge < -0.3 is 19.6 Å². The van der Waals surface area contributed by atoms with Gasteiger partial charge in [0.05, 0.1) is 5.69 Å². The van der Waals surface area contributed by atoms with Gasteiger partial charge in [-0.05, 0) is 45.3 Å². The number of nitrogens with one attached hydrogen (secondary N) is 1. The molecule has 0 unspecified atom stereocenters. The molecule has 0 spiro atoms. The summed E-state index contributed by atoms with van der Waals surface area (Å²) in [5, 5.41) is 7.56. The molecule has 0 aromatic carbocycles. The van der Waals surface area contributed by atoms with Gasteiger partial charge in [0, 0.05) is 52.4 Å². The molecule has 0 amide bonds. The van der Waals surface area contributed by atoms with E-state index in [2.05, 4.69) is 30.2 Å². The van der Waals surface area contributed by atoms with Crippen molar-refractivity contribution < 1.29 is 4.52 Å². The highest BCUT2D eigenvalue weighted by molar-refractivity contribution is 5.79. The number of piperidine rings is 1. The van der Waals surface area contributed by atoms with Crippen LogP contribution in [0.1, 0.15) is 44.2 Å². The van der Waals surface area contributed by atoms with Crippen molar-refractivity contribution in [2.24, 2.45) is 4.99 Å². The molecule has 152 valence electrons. The zero-order chi connectivity index (χ0) is 18.7. The summed E-state index contributed by atoms with van der Waals surface area (Å²) in [4.78, 5) is 11.9. The molecular weight excluding hydrogens is 340 g/mol. The van der Waals surface area contributed by atoms with Gasteiger partial charge in [-0.25, -0.2) is 0 Å². The summed E-state index contributed by atoms with van der Waals surface area (Å²) in [7, 11) is 1.89. The normalized spacial score (nSPS) is 20.2. The largest absolute Gasteiger partial charge is 0.364 e. The maximum atomic E-state index is 4.92. The molecule has 2 aliphatic rings. The van der Waals surface area contributed by atoms with Crippen molar-refractivity contribution >= 4 is 5.96 Å². The topological polar surface area (TPSA) is 60.1 Å².